The third-order valence-electron chi connectivity index (χ3n) is 2.81. The number of anilines is 2. The molecule has 106 valence electrons. The first-order valence-corrected chi connectivity index (χ1v) is 7.67. The molecule has 0 bridgehead atoms. The SMILES string of the molecule is Cc1cc(N)c(C)c(S(=O)(=O)Nc2ccc(Cl)nc2)c1. The fraction of sp³-hybridized carbons (Fsp3) is 0.154. The van der Waals surface area contributed by atoms with Gasteiger partial charge in [-0.3, -0.25) is 4.72 Å². The Morgan fingerprint density at radius 2 is 1.95 bits per heavy atom. The van der Waals surface area contributed by atoms with Gasteiger partial charge in [0.15, 0.2) is 0 Å². The molecular formula is C13H14ClN3O2S. The topological polar surface area (TPSA) is 85.1 Å². The number of sulfonamides is 1. The number of hydrogen-bond acceptors (Lipinski definition) is 4. The Morgan fingerprint density at radius 1 is 1.25 bits per heavy atom. The molecule has 7 heteroatoms. The summed E-state index contributed by atoms with van der Waals surface area (Å²) in [6, 6.07) is 6.37. The summed E-state index contributed by atoms with van der Waals surface area (Å²) in [5.74, 6) is 0. The molecular weight excluding hydrogens is 298 g/mol. The maximum absolute atomic E-state index is 12.4. The molecule has 0 saturated heterocycles. The van der Waals surface area contributed by atoms with Crippen molar-refractivity contribution in [3.8, 4) is 0 Å². The second kappa shape index (κ2) is 5.30. The smallest absolute Gasteiger partial charge is 0.262 e. The zero-order valence-corrected chi connectivity index (χ0v) is 12.6. The highest BCUT2D eigenvalue weighted by Crippen LogP contribution is 2.25. The molecule has 0 aliphatic carbocycles. The van der Waals surface area contributed by atoms with Gasteiger partial charge < -0.3 is 5.73 Å². The third kappa shape index (κ3) is 3.02. The minimum Gasteiger partial charge on any atom is -0.398 e. The lowest BCUT2D eigenvalue weighted by Gasteiger charge is -2.12. The summed E-state index contributed by atoms with van der Waals surface area (Å²) in [5, 5.41) is 0.295. The van der Waals surface area contributed by atoms with Gasteiger partial charge in [0.1, 0.15) is 5.15 Å². The van der Waals surface area contributed by atoms with Crippen molar-refractivity contribution in [2.24, 2.45) is 0 Å². The number of benzene rings is 1. The van der Waals surface area contributed by atoms with E-state index in [0.29, 0.717) is 22.1 Å². The summed E-state index contributed by atoms with van der Waals surface area (Å²) < 4.78 is 27.2. The maximum Gasteiger partial charge on any atom is 0.262 e. The van der Waals surface area contributed by atoms with Gasteiger partial charge in [-0.15, -0.1) is 0 Å². The predicted molar refractivity (Wildman–Crippen MR) is 80.4 cm³/mol. The Balaban J connectivity index is 2.43. The molecule has 0 saturated carbocycles. The number of hydrogen-bond donors (Lipinski definition) is 2. The Labute approximate surface area is 122 Å². The Hall–Kier alpha value is -1.79. The van der Waals surface area contributed by atoms with Crippen LogP contribution in [0.2, 0.25) is 5.15 Å². The van der Waals surface area contributed by atoms with Crippen LogP contribution in [0.3, 0.4) is 0 Å². The summed E-state index contributed by atoms with van der Waals surface area (Å²) in [4.78, 5) is 3.99. The molecule has 0 aliphatic heterocycles. The summed E-state index contributed by atoms with van der Waals surface area (Å²) in [6.07, 6.45) is 1.36. The van der Waals surface area contributed by atoms with Crippen LogP contribution in [0.1, 0.15) is 11.1 Å². The van der Waals surface area contributed by atoms with Crippen molar-refractivity contribution in [1.82, 2.24) is 4.98 Å². The minimum atomic E-state index is -3.71. The molecule has 0 amide bonds. The lowest BCUT2D eigenvalue weighted by molar-refractivity contribution is 0.600. The summed E-state index contributed by atoms with van der Waals surface area (Å²) >= 11 is 5.66. The van der Waals surface area contributed by atoms with Crippen molar-refractivity contribution in [2.75, 3.05) is 10.5 Å². The highest BCUT2D eigenvalue weighted by Gasteiger charge is 2.19. The van der Waals surface area contributed by atoms with Gasteiger partial charge in [-0.1, -0.05) is 11.6 Å². The number of aryl methyl sites for hydroxylation is 1. The summed E-state index contributed by atoms with van der Waals surface area (Å²) in [5.41, 5.74) is 7.89. The standard InChI is InChI=1S/C13H14ClN3O2S/c1-8-5-11(15)9(2)12(6-8)20(18,19)17-10-3-4-13(14)16-7-10/h3-7,17H,15H2,1-2H3. The number of nitrogens with two attached hydrogens (primary N) is 1. The van der Waals surface area contributed by atoms with Crippen LogP contribution >= 0.6 is 11.6 Å². The minimum absolute atomic E-state index is 0.157. The summed E-state index contributed by atoms with van der Waals surface area (Å²) in [7, 11) is -3.71. The van der Waals surface area contributed by atoms with Crippen LogP contribution in [0.25, 0.3) is 0 Å². The lowest BCUT2D eigenvalue weighted by atomic mass is 10.1. The molecule has 0 spiro atoms. The van der Waals surface area contributed by atoms with Gasteiger partial charge in [-0.05, 0) is 49.2 Å². The summed E-state index contributed by atoms with van der Waals surface area (Å²) in [6.45, 7) is 3.46. The molecule has 20 heavy (non-hydrogen) atoms. The van der Waals surface area contributed by atoms with Crippen LogP contribution in [0.4, 0.5) is 11.4 Å². The van der Waals surface area contributed by atoms with E-state index in [9.17, 15) is 8.42 Å². The second-order valence-corrected chi connectivity index (χ2v) is 6.49. The second-order valence-electron chi connectivity index (χ2n) is 4.45. The first-order valence-electron chi connectivity index (χ1n) is 5.81. The monoisotopic (exact) mass is 311 g/mol. The van der Waals surface area contributed by atoms with Crippen LogP contribution in [0, 0.1) is 13.8 Å². The van der Waals surface area contributed by atoms with Crippen LogP contribution in [0.5, 0.6) is 0 Å². The molecule has 5 nitrogen and oxygen atoms in total. The van der Waals surface area contributed by atoms with E-state index in [1.807, 2.05) is 0 Å². The number of nitrogens with one attached hydrogen (secondary N) is 1. The molecule has 1 aromatic carbocycles. The van der Waals surface area contributed by atoms with E-state index >= 15 is 0 Å². The maximum atomic E-state index is 12.4. The van der Waals surface area contributed by atoms with E-state index in [2.05, 4.69) is 9.71 Å². The Bertz CT molecular complexity index is 743. The average Bonchev–Trinajstić information content (AvgIpc) is 2.36. The number of pyridine rings is 1. The van der Waals surface area contributed by atoms with Gasteiger partial charge in [0.2, 0.25) is 0 Å². The van der Waals surface area contributed by atoms with Crippen LogP contribution < -0.4 is 10.5 Å². The van der Waals surface area contributed by atoms with E-state index in [0.717, 1.165) is 5.56 Å². The molecule has 0 radical (unpaired) electrons. The molecule has 1 heterocycles. The largest absolute Gasteiger partial charge is 0.398 e. The van der Waals surface area contributed by atoms with Gasteiger partial charge in [0, 0.05) is 5.69 Å². The number of nitrogens with zero attached hydrogens (tertiary/aromatic N) is 1. The van der Waals surface area contributed by atoms with Gasteiger partial charge in [-0.25, -0.2) is 13.4 Å². The number of nitrogen functional groups attached to an aromatic ring is 1. The molecule has 0 aliphatic rings. The molecule has 0 unspecified atom stereocenters. The lowest BCUT2D eigenvalue weighted by Crippen LogP contribution is -2.15. The molecule has 2 rings (SSSR count). The van der Waals surface area contributed by atoms with Crippen molar-refractivity contribution in [3.63, 3.8) is 0 Å². The quantitative estimate of drug-likeness (QED) is 0.674. The van der Waals surface area contributed by atoms with E-state index in [4.69, 9.17) is 17.3 Å². The molecule has 0 fully saturated rings. The number of rotatable bonds is 3. The van der Waals surface area contributed by atoms with Gasteiger partial charge in [0.25, 0.3) is 10.0 Å². The zero-order chi connectivity index (χ0) is 14.9. The number of aromatic nitrogens is 1. The van der Waals surface area contributed by atoms with Gasteiger partial charge in [0.05, 0.1) is 16.8 Å². The normalized spacial score (nSPS) is 11.3. The number of halogens is 1. The fourth-order valence-corrected chi connectivity index (χ4v) is 3.29. The van der Waals surface area contributed by atoms with Crippen LogP contribution in [0.15, 0.2) is 35.4 Å². The fourth-order valence-electron chi connectivity index (χ4n) is 1.78. The van der Waals surface area contributed by atoms with Crippen molar-refractivity contribution >= 4 is 33.0 Å². The van der Waals surface area contributed by atoms with E-state index in [1.165, 1.54) is 12.3 Å². The van der Waals surface area contributed by atoms with E-state index in [-0.39, 0.29) is 4.90 Å². The van der Waals surface area contributed by atoms with Crippen LogP contribution in [-0.2, 0) is 10.0 Å². The van der Waals surface area contributed by atoms with Crippen LogP contribution in [-0.4, -0.2) is 13.4 Å². The third-order valence-corrected chi connectivity index (χ3v) is 4.54. The Kier molecular flexibility index (Phi) is 3.87. The average molecular weight is 312 g/mol. The predicted octanol–water partition coefficient (Wildman–Crippen LogP) is 2.73. The first kappa shape index (κ1) is 14.6. The van der Waals surface area contributed by atoms with E-state index in [1.54, 1.807) is 32.0 Å². The molecule has 2 aromatic rings. The van der Waals surface area contributed by atoms with E-state index < -0.39 is 10.0 Å². The first-order chi connectivity index (χ1) is 9.29. The Morgan fingerprint density at radius 3 is 2.55 bits per heavy atom. The van der Waals surface area contributed by atoms with Gasteiger partial charge in [-0.2, -0.15) is 0 Å². The molecule has 0 atom stereocenters. The molecule has 1 aromatic heterocycles. The van der Waals surface area contributed by atoms with Gasteiger partial charge >= 0.3 is 0 Å². The van der Waals surface area contributed by atoms with Crippen molar-refractivity contribution in [3.05, 3.63) is 46.7 Å². The van der Waals surface area contributed by atoms with Crippen molar-refractivity contribution in [1.29, 1.82) is 0 Å². The van der Waals surface area contributed by atoms with Crippen molar-refractivity contribution < 1.29 is 8.42 Å². The highest BCUT2D eigenvalue weighted by molar-refractivity contribution is 7.92. The highest BCUT2D eigenvalue weighted by atomic mass is 35.5. The zero-order valence-electron chi connectivity index (χ0n) is 11.0. The molecule has 3 N–H and O–H groups in total. The van der Waals surface area contributed by atoms with Crippen molar-refractivity contribution in [2.45, 2.75) is 18.7 Å².